The zero-order chi connectivity index (χ0) is 21.5. The average molecular weight is 412 g/mol. The second-order valence-corrected chi connectivity index (χ2v) is 7.51. The van der Waals surface area contributed by atoms with Crippen molar-refractivity contribution in [3.05, 3.63) is 83.4 Å². The predicted molar refractivity (Wildman–Crippen MR) is 120 cm³/mol. The van der Waals surface area contributed by atoms with Gasteiger partial charge in [-0.05, 0) is 52.9 Å². The van der Waals surface area contributed by atoms with Crippen molar-refractivity contribution in [1.29, 1.82) is 5.26 Å². The lowest BCUT2D eigenvalue weighted by Gasteiger charge is -2.10. The Kier molecular flexibility index (Phi) is 6.61. The van der Waals surface area contributed by atoms with Gasteiger partial charge in [-0.1, -0.05) is 54.6 Å². The Labute approximate surface area is 181 Å². The summed E-state index contributed by atoms with van der Waals surface area (Å²) < 4.78 is 11.4. The fraction of sp³-hybridized carbons (Fsp3) is 0.231. The monoisotopic (exact) mass is 412 g/mol. The van der Waals surface area contributed by atoms with Gasteiger partial charge in [0.1, 0.15) is 24.0 Å². The van der Waals surface area contributed by atoms with E-state index in [2.05, 4.69) is 29.6 Å². The van der Waals surface area contributed by atoms with E-state index < -0.39 is 0 Å². The fourth-order valence-corrected chi connectivity index (χ4v) is 3.66. The Morgan fingerprint density at radius 3 is 2.71 bits per heavy atom. The van der Waals surface area contributed by atoms with Crippen molar-refractivity contribution in [2.45, 2.75) is 25.6 Å². The summed E-state index contributed by atoms with van der Waals surface area (Å²) in [6, 6.07) is 23.8. The highest BCUT2D eigenvalue weighted by Crippen LogP contribution is 2.21. The van der Waals surface area contributed by atoms with Gasteiger partial charge in [0.2, 0.25) is 0 Å². The Bertz CT molecular complexity index is 1120. The molecule has 1 aliphatic heterocycles. The van der Waals surface area contributed by atoms with Crippen LogP contribution in [0.25, 0.3) is 16.8 Å². The third-order valence-electron chi connectivity index (χ3n) is 5.34. The number of fused-ring (bicyclic) bond motifs is 1. The van der Waals surface area contributed by atoms with E-state index in [1.54, 1.807) is 6.08 Å². The van der Waals surface area contributed by atoms with E-state index in [1.165, 1.54) is 10.8 Å². The van der Waals surface area contributed by atoms with E-state index >= 15 is 0 Å². The molecule has 5 heteroatoms. The minimum absolute atomic E-state index is 0.0436. The molecule has 1 aliphatic rings. The van der Waals surface area contributed by atoms with E-state index in [0.29, 0.717) is 13.2 Å². The first-order valence-electron chi connectivity index (χ1n) is 10.4. The van der Waals surface area contributed by atoms with E-state index in [9.17, 15) is 10.1 Å². The molecule has 1 atom stereocenters. The zero-order valence-electron chi connectivity index (χ0n) is 17.2. The molecule has 0 bridgehead atoms. The Hall–Kier alpha value is -3.62. The lowest BCUT2D eigenvalue weighted by molar-refractivity contribution is -0.117. The van der Waals surface area contributed by atoms with Crippen LogP contribution in [0.1, 0.15) is 24.0 Å². The lowest BCUT2D eigenvalue weighted by Crippen LogP contribution is -2.32. The van der Waals surface area contributed by atoms with Gasteiger partial charge in [0, 0.05) is 13.2 Å². The number of amides is 1. The second kappa shape index (κ2) is 9.92. The van der Waals surface area contributed by atoms with Crippen LogP contribution >= 0.6 is 0 Å². The van der Waals surface area contributed by atoms with Crippen LogP contribution in [0, 0.1) is 11.3 Å². The molecular formula is C26H24N2O3. The zero-order valence-corrected chi connectivity index (χ0v) is 17.2. The maximum atomic E-state index is 12.3. The minimum Gasteiger partial charge on any atom is -0.489 e. The fourth-order valence-electron chi connectivity index (χ4n) is 3.66. The maximum Gasteiger partial charge on any atom is 0.262 e. The molecule has 0 unspecified atom stereocenters. The van der Waals surface area contributed by atoms with Crippen molar-refractivity contribution >= 4 is 22.8 Å². The molecule has 4 rings (SSSR count). The van der Waals surface area contributed by atoms with E-state index in [-0.39, 0.29) is 17.6 Å². The molecular weight excluding hydrogens is 388 g/mol. The summed E-state index contributed by atoms with van der Waals surface area (Å²) in [7, 11) is 0. The van der Waals surface area contributed by atoms with Crippen LogP contribution in [-0.2, 0) is 16.1 Å². The van der Waals surface area contributed by atoms with Gasteiger partial charge in [0.05, 0.1) is 6.10 Å². The number of benzene rings is 3. The Morgan fingerprint density at radius 1 is 1.13 bits per heavy atom. The first kappa shape index (κ1) is 20.6. The summed E-state index contributed by atoms with van der Waals surface area (Å²) in [5.41, 5.74) is 1.96. The van der Waals surface area contributed by atoms with E-state index in [1.807, 2.05) is 48.5 Å². The molecule has 0 spiro atoms. The van der Waals surface area contributed by atoms with Crippen LogP contribution in [0.3, 0.4) is 0 Å². The van der Waals surface area contributed by atoms with Gasteiger partial charge in [-0.3, -0.25) is 4.79 Å². The maximum absolute atomic E-state index is 12.3. The van der Waals surface area contributed by atoms with E-state index in [4.69, 9.17) is 9.47 Å². The molecule has 1 saturated heterocycles. The van der Waals surface area contributed by atoms with Crippen LogP contribution in [0.15, 0.2) is 72.3 Å². The molecule has 0 aromatic heterocycles. The molecule has 1 amide bonds. The van der Waals surface area contributed by atoms with Gasteiger partial charge in [0.15, 0.2) is 0 Å². The highest BCUT2D eigenvalue weighted by atomic mass is 16.5. The van der Waals surface area contributed by atoms with Crippen molar-refractivity contribution in [1.82, 2.24) is 5.32 Å². The number of hydrogen-bond donors (Lipinski definition) is 1. The van der Waals surface area contributed by atoms with E-state index in [0.717, 1.165) is 36.3 Å². The van der Waals surface area contributed by atoms with Gasteiger partial charge in [0.25, 0.3) is 5.91 Å². The highest BCUT2D eigenvalue weighted by Gasteiger charge is 2.17. The molecule has 31 heavy (non-hydrogen) atoms. The van der Waals surface area contributed by atoms with Crippen molar-refractivity contribution in [2.24, 2.45) is 0 Å². The van der Waals surface area contributed by atoms with Gasteiger partial charge in [-0.25, -0.2) is 0 Å². The first-order valence-corrected chi connectivity index (χ1v) is 10.4. The van der Waals surface area contributed by atoms with Crippen molar-refractivity contribution < 1.29 is 14.3 Å². The van der Waals surface area contributed by atoms with Gasteiger partial charge >= 0.3 is 0 Å². The number of rotatable bonds is 7. The topological polar surface area (TPSA) is 71.3 Å². The number of nitrogens with one attached hydrogen (secondary N) is 1. The number of nitrogens with zero attached hydrogens (tertiary/aromatic N) is 1. The number of carbonyl (C=O) groups excluding carboxylic acids is 1. The summed E-state index contributed by atoms with van der Waals surface area (Å²) in [6.45, 7) is 1.63. The molecule has 1 fully saturated rings. The number of hydrogen-bond acceptors (Lipinski definition) is 4. The number of nitriles is 1. The molecule has 5 nitrogen and oxygen atoms in total. The normalized spacial score (nSPS) is 16.1. The third-order valence-corrected chi connectivity index (χ3v) is 5.34. The summed E-state index contributed by atoms with van der Waals surface area (Å²) in [6.07, 6.45) is 3.57. The molecule has 1 N–H and O–H groups in total. The molecule has 0 radical (unpaired) electrons. The van der Waals surface area contributed by atoms with Crippen LogP contribution in [0.5, 0.6) is 5.75 Å². The summed E-state index contributed by atoms with van der Waals surface area (Å²) in [4.78, 5) is 12.3. The SMILES string of the molecule is N#C/C(=C\c1ccc(OCc2cccc3ccccc23)cc1)C(=O)NC[C@H]1CCCO1. The van der Waals surface area contributed by atoms with Gasteiger partial charge in [-0.15, -0.1) is 0 Å². The second-order valence-electron chi connectivity index (χ2n) is 7.51. The molecule has 156 valence electrons. The molecule has 1 heterocycles. The largest absolute Gasteiger partial charge is 0.489 e. The first-order chi connectivity index (χ1) is 15.2. The van der Waals surface area contributed by atoms with Crippen molar-refractivity contribution in [3.8, 4) is 11.8 Å². The average Bonchev–Trinajstić information content (AvgIpc) is 3.34. The van der Waals surface area contributed by atoms with Crippen molar-refractivity contribution in [2.75, 3.05) is 13.2 Å². The lowest BCUT2D eigenvalue weighted by atomic mass is 10.1. The molecule has 0 saturated carbocycles. The van der Waals surface area contributed by atoms with Crippen LogP contribution in [-0.4, -0.2) is 25.2 Å². The Morgan fingerprint density at radius 2 is 1.94 bits per heavy atom. The van der Waals surface area contributed by atoms with Gasteiger partial charge in [-0.2, -0.15) is 5.26 Å². The minimum atomic E-state index is -0.380. The number of ether oxygens (including phenoxy) is 2. The van der Waals surface area contributed by atoms with Crippen molar-refractivity contribution in [3.63, 3.8) is 0 Å². The van der Waals surface area contributed by atoms with Gasteiger partial charge < -0.3 is 14.8 Å². The summed E-state index contributed by atoms with van der Waals surface area (Å²) >= 11 is 0. The quantitative estimate of drug-likeness (QED) is 0.454. The van der Waals surface area contributed by atoms with Crippen LogP contribution < -0.4 is 10.1 Å². The smallest absolute Gasteiger partial charge is 0.262 e. The van der Waals surface area contributed by atoms with Crippen LogP contribution in [0.2, 0.25) is 0 Å². The third kappa shape index (κ3) is 5.30. The molecule has 0 aliphatic carbocycles. The number of carbonyl (C=O) groups is 1. The Balaban J connectivity index is 1.37. The standard InChI is InChI=1S/C26H24N2O3/c27-16-22(26(29)28-17-24-8-4-14-30-24)15-19-10-12-23(13-11-19)31-18-21-7-3-6-20-5-1-2-9-25(20)21/h1-3,5-7,9-13,15,24H,4,8,14,17-18H2,(H,28,29)/b22-15+/t24-/m1/s1. The summed E-state index contributed by atoms with van der Waals surface area (Å²) in [5.74, 6) is 0.348. The molecule has 3 aromatic rings. The predicted octanol–water partition coefficient (Wildman–Crippen LogP) is 4.62. The summed E-state index contributed by atoms with van der Waals surface area (Å²) in [5, 5.41) is 14.5. The highest BCUT2D eigenvalue weighted by molar-refractivity contribution is 6.01. The molecule has 3 aromatic carbocycles. The van der Waals surface area contributed by atoms with Crippen LogP contribution in [0.4, 0.5) is 0 Å².